The number of aliphatic hydroxyl groups is 1. The minimum Gasteiger partial charge on any atom is -0.394 e. The number of aromatic nitrogens is 2. The number of fused-ring (bicyclic) bond motifs is 1. The third-order valence-corrected chi connectivity index (χ3v) is 2.98. The van der Waals surface area contributed by atoms with E-state index >= 15 is 0 Å². The van der Waals surface area contributed by atoms with E-state index in [0.717, 1.165) is 11.3 Å². The number of aliphatic hydroxyl groups excluding tert-OH is 1. The van der Waals surface area contributed by atoms with Crippen molar-refractivity contribution < 1.29 is 9.90 Å². The maximum absolute atomic E-state index is 12.0. The van der Waals surface area contributed by atoms with E-state index in [4.69, 9.17) is 5.11 Å². The third-order valence-electron chi connectivity index (χ3n) is 2.98. The van der Waals surface area contributed by atoms with Gasteiger partial charge in [0, 0.05) is 11.9 Å². The number of amides is 1. The van der Waals surface area contributed by atoms with Crippen molar-refractivity contribution >= 4 is 11.6 Å². The number of carbonyl (C=O) groups excluding carboxylic acids is 1. The summed E-state index contributed by atoms with van der Waals surface area (Å²) in [5.41, 5.74) is 2.14. The summed E-state index contributed by atoms with van der Waals surface area (Å²) < 4.78 is 1.87. The number of hydrogen-bond donors (Lipinski definition) is 2. The van der Waals surface area contributed by atoms with Crippen molar-refractivity contribution in [1.82, 2.24) is 14.7 Å². The molecule has 2 aromatic rings. The van der Waals surface area contributed by atoms with Crippen molar-refractivity contribution in [3.8, 4) is 0 Å². The molecular formula is C13H17N3O2. The maximum Gasteiger partial charge on any atom is 0.271 e. The van der Waals surface area contributed by atoms with Crippen molar-refractivity contribution in [1.29, 1.82) is 0 Å². The molecule has 0 aromatic carbocycles. The number of rotatable bonds is 4. The molecule has 0 aliphatic heterocycles. The highest BCUT2D eigenvalue weighted by atomic mass is 16.3. The van der Waals surface area contributed by atoms with E-state index in [-0.39, 0.29) is 18.6 Å². The smallest absolute Gasteiger partial charge is 0.271 e. The average Bonchev–Trinajstić information content (AvgIpc) is 2.81. The first kappa shape index (κ1) is 12.6. The van der Waals surface area contributed by atoms with Crippen LogP contribution in [0.5, 0.6) is 0 Å². The Hall–Kier alpha value is -1.88. The lowest BCUT2D eigenvalue weighted by molar-refractivity contribution is 0.0910. The van der Waals surface area contributed by atoms with Crippen LogP contribution >= 0.6 is 0 Å². The molecule has 0 unspecified atom stereocenters. The second kappa shape index (κ2) is 5.18. The molecule has 2 rings (SSSR count). The van der Waals surface area contributed by atoms with Gasteiger partial charge in [0.2, 0.25) is 0 Å². The van der Waals surface area contributed by atoms with Crippen LogP contribution in [-0.4, -0.2) is 33.0 Å². The molecule has 5 heteroatoms. The predicted octanol–water partition coefficient (Wildman–Crippen LogP) is 1.14. The maximum atomic E-state index is 12.0. The Bertz CT molecular complexity index is 558. The fourth-order valence-corrected chi connectivity index (χ4v) is 1.79. The quantitative estimate of drug-likeness (QED) is 0.851. The topological polar surface area (TPSA) is 66.6 Å². The van der Waals surface area contributed by atoms with Gasteiger partial charge in [-0.1, -0.05) is 13.0 Å². The SMILES string of the molecule is CC[C@@H](CO)NC(=O)c1cn2c(C)cccc2n1. The van der Waals surface area contributed by atoms with Gasteiger partial charge in [-0.2, -0.15) is 0 Å². The van der Waals surface area contributed by atoms with Crippen LogP contribution in [0.3, 0.4) is 0 Å². The lowest BCUT2D eigenvalue weighted by Gasteiger charge is -2.12. The largest absolute Gasteiger partial charge is 0.394 e. The zero-order chi connectivity index (χ0) is 13.1. The first-order valence-corrected chi connectivity index (χ1v) is 6.02. The number of pyridine rings is 1. The molecule has 0 aliphatic rings. The summed E-state index contributed by atoms with van der Waals surface area (Å²) in [4.78, 5) is 16.2. The molecule has 96 valence electrons. The molecule has 18 heavy (non-hydrogen) atoms. The normalized spacial score (nSPS) is 12.6. The molecule has 2 aromatic heterocycles. The summed E-state index contributed by atoms with van der Waals surface area (Å²) in [7, 11) is 0. The van der Waals surface area contributed by atoms with Crippen molar-refractivity contribution in [3.05, 3.63) is 35.8 Å². The van der Waals surface area contributed by atoms with E-state index in [1.54, 1.807) is 6.20 Å². The van der Waals surface area contributed by atoms with E-state index < -0.39 is 0 Å². The van der Waals surface area contributed by atoms with E-state index in [1.165, 1.54) is 0 Å². The summed E-state index contributed by atoms with van der Waals surface area (Å²) >= 11 is 0. The molecule has 2 heterocycles. The average molecular weight is 247 g/mol. The molecule has 0 fully saturated rings. The Morgan fingerprint density at radius 1 is 1.56 bits per heavy atom. The number of hydrogen-bond acceptors (Lipinski definition) is 3. The van der Waals surface area contributed by atoms with E-state index in [2.05, 4.69) is 10.3 Å². The fraction of sp³-hybridized carbons (Fsp3) is 0.385. The first-order valence-electron chi connectivity index (χ1n) is 6.02. The Labute approximate surface area is 105 Å². The van der Waals surface area contributed by atoms with Gasteiger partial charge in [-0.3, -0.25) is 4.79 Å². The summed E-state index contributed by atoms with van der Waals surface area (Å²) in [6.45, 7) is 3.81. The molecular weight excluding hydrogens is 230 g/mol. The minimum absolute atomic E-state index is 0.0609. The Kier molecular flexibility index (Phi) is 3.62. The molecule has 0 bridgehead atoms. The highest BCUT2D eigenvalue weighted by Crippen LogP contribution is 2.08. The standard InChI is InChI=1S/C13H17N3O2/c1-3-10(8-17)14-13(18)11-7-16-9(2)5-4-6-12(16)15-11/h4-7,10,17H,3,8H2,1-2H3,(H,14,18)/t10-/m0/s1. The fourth-order valence-electron chi connectivity index (χ4n) is 1.79. The number of imidazole rings is 1. The summed E-state index contributed by atoms with van der Waals surface area (Å²) in [5.74, 6) is -0.251. The van der Waals surface area contributed by atoms with Crippen LogP contribution in [0, 0.1) is 6.92 Å². The zero-order valence-electron chi connectivity index (χ0n) is 10.6. The molecule has 5 nitrogen and oxygen atoms in total. The van der Waals surface area contributed by atoms with Gasteiger partial charge in [0.1, 0.15) is 11.3 Å². The van der Waals surface area contributed by atoms with Gasteiger partial charge in [0.15, 0.2) is 0 Å². The zero-order valence-corrected chi connectivity index (χ0v) is 10.6. The molecule has 0 saturated heterocycles. The van der Waals surface area contributed by atoms with Crippen LogP contribution in [-0.2, 0) is 0 Å². The van der Waals surface area contributed by atoms with Crippen LogP contribution in [0.2, 0.25) is 0 Å². The van der Waals surface area contributed by atoms with Gasteiger partial charge in [-0.15, -0.1) is 0 Å². The van der Waals surface area contributed by atoms with Crippen molar-refractivity contribution in [2.75, 3.05) is 6.61 Å². The molecule has 0 saturated carbocycles. The second-order valence-corrected chi connectivity index (χ2v) is 4.28. The number of aryl methyl sites for hydroxylation is 1. The van der Waals surface area contributed by atoms with Crippen LogP contribution in [0.4, 0.5) is 0 Å². The summed E-state index contributed by atoms with van der Waals surface area (Å²) in [5, 5.41) is 11.8. The third kappa shape index (κ3) is 2.36. The van der Waals surface area contributed by atoms with Crippen molar-refractivity contribution in [2.45, 2.75) is 26.3 Å². The van der Waals surface area contributed by atoms with Crippen LogP contribution in [0.25, 0.3) is 5.65 Å². The van der Waals surface area contributed by atoms with Crippen LogP contribution in [0.1, 0.15) is 29.5 Å². The second-order valence-electron chi connectivity index (χ2n) is 4.28. The van der Waals surface area contributed by atoms with Gasteiger partial charge >= 0.3 is 0 Å². The number of nitrogens with zero attached hydrogens (tertiary/aromatic N) is 2. The van der Waals surface area contributed by atoms with Gasteiger partial charge in [-0.25, -0.2) is 4.98 Å². The first-order chi connectivity index (χ1) is 8.65. The monoisotopic (exact) mass is 247 g/mol. The van der Waals surface area contributed by atoms with Crippen molar-refractivity contribution in [3.63, 3.8) is 0 Å². The van der Waals surface area contributed by atoms with Gasteiger partial charge in [0.25, 0.3) is 5.91 Å². The Balaban J connectivity index is 2.26. The lowest BCUT2D eigenvalue weighted by Crippen LogP contribution is -2.37. The van der Waals surface area contributed by atoms with Gasteiger partial charge in [0.05, 0.1) is 12.6 Å². The van der Waals surface area contributed by atoms with Gasteiger partial charge < -0.3 is 14.8 Å². The minimum atomic E-state index is -0.251. The molecule has 1 amide bonds. The van der Waals surface area contributed by atoms with Crippen LogP contribution < -0.4 is 5.32 Å². The van der Waals surface area contributed by atoms with Crippen LogP contribution in [0.15, 0.2) is 24.4 Å². The van der Waals surface area contributed by atoms with E-state index in [1.807, 2.05) is 36.4 Å². The molecule has 0 radical (unpaired) electrons. The predicted molar refractivity (Wildman–Crippen MR) is 68.6 cm³/mol. The number of carbonyl (C=O) groups is 1. The number of nitrogens with one attached hydrogen (secondary N) is 1. The van der Waals surface area contributed by atoms with E-state index in [0.29, 0.717) is 12.1 Å². The van der Waals surface area contributed by atoms with Crippen molar-refractivity contribution in [2.24, 2.45) is 0 Å². The summed E-state index contributed by atoms with van der Waals surface area (Å²) in [6, 6.07) is 5.50. The van der Waals surface area contributed by atoms with E-state index in [9.17, 15) is 4.79 Å². The molecule has 0 aliphatic carbocycles. The summed E-state index contributed by atoms with van der Waals surface area (Å²) in [6.07, 6.45) is 2.40. The molecule has 1 atom stereocenters. The Morgan fingerprint density at radius 3 is 2.94 bits per heavy atom. The van der Waals surface area contributed by atoms with Gasteiger partial charge in [-0.05, 0) is 25.5 Å². The highest BCUT2D eigenvalue weighted by molar-refractivity contribution is 5.93. The Morgan fingerprint density at radius 2 is 2.33 bits per heavy atom. The molecule has 2 N–H and O–H groups in total. The highest BCUT2D eigenvalue weighted by Gasteiger charge is 2.14. The molecule has 0 spiro atoms. The lowest BCUT2D eigenvalue weighted by atomic mass is 10.2.